The van der Waals surface area contributed by atoms with Crippen LogP contribution >= 0.6 is 11.6 Å². The van der Waals surface area contributed by atoms with Crippen molar-refractivity contribution in [2.75, 3.05) is 17.1 Å². The summed E-state index contributed by atoms with van der Waals surface area (Å²) < 4.78 is 26.7. The van der Waals surface area contributed by atoms with E-state index in [4.69, 9.17) is 11.6 Å². The number of halogens is 1. The largest absolute Gasteiger partial charge is 0.350 e. The molecule has 3 aromatic rings. The Kier molecular flexibility index (Phi) is 9.80. The summed E-state index contributed by atoms with van der Waals surface area (Å²) in [7, 11) is -3.86. The summed E-state index contributed by atoms with van der Waals surface area (Å²) in [6, 6.07) is 22.7. The van der Waals surface area contributed by atoms with Crippen LogP contribution in [0.5, 0.6) is 0 Å². The van der Waals surface area contributed by atoms with E-state index in [0.717, 1.165) is 27.3 Å². The van der Waals surface area contributed by atoms with Crippen molar-refractivity contribution >= 4 is 39.1 Å². The molecular formula is C30H36ClN3O4S. The van der Waals surface area contributed by atoms with Gasteiger partial charge in [0.25, 0.3) is 0 Å². The number of benzene rings is 3. The molecule has 1 unspecified atom stereocenters. The Labute approximate surface area is 236 Å². The molecule has 0 radical (unpaired) electrons. The summed E-state index contributed by atoms with van der Waals surface area (Å²) in [5, 5.41) is 3.40. The summed E-state index contributed by atoms with van der Waals surface area (Å²) in [6.07, 6.45) is 1.31. The lowest BCUT2D eigenvalue weighted by atomic mass is 10.0. The highest BCUT2D eigenvalue weighted by Gasteiger charge is 2.34. The van der Waals surface area contributed by atoms with Gasteiger partial charge in [-0.1, -0.05) is 78.3 Å². The van der Waals surface area contributed by atoms with Crippen molar-refractivity contribution in [3.8, 4) is 0 Å². The van der Waals surface area contributed by atoms with Gasteiger partial charge in [0.2, 0.25) is 21.8 Å². The van der Waals surface area contributed by atoms with E-state index in [0.29, 0.717) is 5.02 Å². The number of aryl methyl sites for hydroxylation is 1. The second-order valence-electron chi connectivity index (χ2n) is 10.7. The fraction of sp³-hybridized carbons (Fsp3) is 0.333. The first-order valence-corrected chi connectivity index (χ1v) is 14.9. The first-order valence-electron chi connectivity index (χ1n) is 12.7. The van der Waals surface area contributed by atoms with Crippen LogP contribution in [-0.2, 0) is 32.6 Å². The van der Waals surface area contributed by atoms with Crippen LogP contribution in [0.3, 0.4) is 0 Å². The predicted molar refractivity (Wildman–Crippen MR) is 157 cm³/mol. The molecule has 9 heteroatoms. The smallest absolute Gasteiger partial charge is 0.244 e. The van der Waals surface area contributed by atoms with Gasteiger partial charge < -0.3 is 10.2 Å². The quantitative estimate of drug-likeness (QED) is 0.373. The third-order valence-corrected chi connectivity index (χ3v) is 7.64. The number of carbonyl (C=O) groups excluding carboxylic acids is 2. The number of hydrogen-bond acceptors (Lipinski definition) is 4. The van der Waals surface area contributed by atoms with Gasteiger partial charge in [-0.15, -0.1) is 0 Å². The molecule has 0 bridgehead atoms. The van der Waals surface area contributed by atoms with E-state index in [-0.39, 0.29) is 24.6 Å². The van der Waals surface area contributed by atoms with Crippen LogP contribution in [0.2, 0.25) is 5.02 Å². The number of hydrogen-bond donors (Lipinski definition) is 1. The first kappa shape index (κ1) is 30.2. The van der Waals surface area contributed by atoms with Gasteiger partial charge in [0, 0.05) is 23.5 Å². The summed E-state index contributed by atoms with van der Waals surface area (Å²) in [5.41, 5.74) is 2.22. The van der Waals surface area contributed by atoms with Crippen molar-refractivity contribution in [1.82, 2.24) is 10.2 Å². The Morgan fingerprint density at radius 3 is 2.00 bits per heavy atom. The zero-order chi connectivity index (χ0) is 28.8. The minimum atomic E-state index is -3.86. The Morgan fingerprint density at radius 2 is 1.49 bits per heavy atom. The van der Waals surface area contributed by atoms with E-state index in [1.54, 1.807) is 12.1 Å². The van der Waals surface area contributed by atoms with Crippen LogP contribution in [0.4, 0.5) is 5.69 Å². The fourth-order valence-electron chi connectivity index (χ4n) is 4.14. The van der Waals surface area contributed by atoms with Crippen LogP contribution in [0.15, 0.2) is 78.9 Å². The minimum Gasteiger partial charge on any atom is -0.350 e. The first-order chi connectivity index (χ1) is 18.2. The molecule has 2 amide bonds. The summed E-state index contributed by atoms with van der Waals surface area (Å²) >= 11 is 6.29. The molecule has 0 heterocycles. The zero-order valence-electron chi connectivity index (χ0n) is 23.0. The maximum absolute atomic E-state index is 14.0. The van der Waals surface area contributed by atoms with Crippen molar-refractivity contribution in [3.63, 3.8) is 0 Å². The number of carbonyl (C=O) groups is 2. The maximum atomic E-state index is 14.0. The van der Waals surface area contributed by atoms with Gasteiger partial charge in [-0.2, -0.15) is 0 Å². The summed E-state index contributed by atoms with van der Waals surface area (Å²) in [4.78, 5) is 29.2. The lowest BCUT2D eigenvalue weighted by Gasteiger charge is -2.35. The van der Waals surface area contributed by atoms with E-state index in [1.807, 2.05) is 88.4 Å². The van der Waals surface area contributed by atoms with Gasteiger partial charge in [-0.25, -0.2) is 8.42 Å². The normalized spacial score (nSPS) is 12.5. The molecule has 0 aromatic heterocycles. The van der Waals surface area contributed by atoms with Crippen LogP contribution in [-0.4, -0.2) is 49.5 Å². The zero-order valence-corrected chi connectivity index (χ0v) is 24.6. The van der Waals surface area contributed by atoms with Gasteiger partial charge >= 0.3 is 0 Å². The van der Waals surface area contributed by atoms with E-state index >= 15 is 0 Å². The molecule has 1 N–H and O–H groups in total. The molecule has 3 rings (SSSR count). The number of nitrogens with zero attached hydrogens (tertiary/aromatic N) is 2. The Morgan fingerprint density at radius 1 is 0.923 bits per heavy atom. The standard InChI is InChI=1S/C30H36ClN3O4S/c1-22-16-17-25(19-26(22)31)34(39(5,37)38)21-28(35)33(20-24-14-10-7-11-15-24)27(29(36)32-30(2,3)4)18-23-12-8-6-9-13-23/h6-17,19,27H,18,20-21H2,1-5H3,(H,32,36). The Hall–Kier alpha value is -3.36. The monoisotopic (exact) mass is 569 g/mol. The van der Waals surface area contributed by atoms with E-state index in [1.165, 1.54) is 11.0 Å². The molecule has 0 fully saturated rings. The summed E-state index contributed by atoms with van der Waals surface area (Å²) in [6.45, 7) is 7.08. The number of nitrogens with one attached hydrogen (secondary N) is 1. The van der Waals surface area contributed by atoms with Gasteiger partial charge in [-0.05, 0) is 56.5 Å². The molecule has 3 aromatic carbocycles. The highest BCUT2D eigenvalue weighted by Crippen LogP contribution is 2.26. The molecule has 1 atom stereocenters. The molecular weight excluding hydrogens is 534 g/mol. The van der Waals surface area contributed by atoms with Crippen LogP contribution < -0.4 is 9.62 Å². The van der Waals surface area contributed by atoms with Gasteiger partial charge in [0.1, 0.15) is 12.6 Å². The topological polar surface area (TPSA) is 86.8 Å². The Bertz CT molecular complexity index is 1390. The lowest BCUT2D eigenvalue weighted by Crippen LogP contribution is -2.56. The highest BCUT2D eigenvalue weighted by atomic mass is 35.5. The number of amides is 2. The average Bonchev–Trinajstić information content (AvgIpc) is 2.86. The molecule has 0 aliphatic carbocycles. The molecule has 0 saturated carbocycles. The number of anilines is 1. The molecule has 0 aliphatic rings. The molecule has 0 aliphatic heterocycles. The summed E-state index contributed by atoms with van der Waals surface area (Å²) in [5.74, 6) is -0.828. The highest BCUT2D eigenvalue weighted by molar-refractivity contribution is 7.92. The van der Waals surface area contributed by atoms with Crippen LogP contribution in [0, 0.1) is 6.92 Å². The molecule has 0 saturated heterocycles. The minimum absolute atomic E-state index is 0.126. The van der Waals surface area contributed by atoms with Crippen LogP contribution in [0.1, 0.15) is 37.5 Å². The molecule has 0 spiro atoms. The van der Waals surface area contributed by atoms with E-state index in [2.05, 4.69) is 5.32 Å². The van der Waals surface area contributed by atoms with Crippen molar-refractivity contribution in [3.05, 3.63) is 101 Å². The maximum Gasteiger partial charge on any atom is 0.244 e. The Balaban J connectivity index is 2.06. The van der Waals surface area contributed by atoms with Gasteiger partial charge in [-0.3, -0.25) is 13.9 Å². The molecule has 39 heavy (non-hydrogen) atoms. The number of rotatable bonds is 10. The third kappa shape index (κ3) is 8.83. The van der Waals surface area contributed by atoms with Crippen molar-refractivity contribution in [1.29, 1.82) is 0 Å². The van der Waals surface area contributed by atoms with Crippen molar-refractivity contribution in [2.45, 2.75) is 52.2 Å². The fourth-order valence-corrected chi connectivity index (χ4v) is 5.15. The second kappa shape index (κ2) is 12.7. The van der Waals surface area contributed by atoms with Crippen molar-refractivity contribution in [2.24, 2.45) is 0 Å². The average molecular weight is 570 g/mol. The second-order valence-corrected chi connectivity index (χ2v) is 13.0. The van der Waals surface area contributed by atoms with Gasteiger partial charge in [0.15, 0.2) is 0 Å². The molecule has 208 valence electrons. The molecule has 7 nitrogen and oxygen atoms in total. The third-order valence-electron chi connectivity index (χ3n) is 6.09. The lowest BCUT2D eigenvalue weighted by molar-refractivity contribution is -0.140. The van der Waals surface area contributed by atoms with Crippen molar-refractivity contribution < 1.29 is 18.0 Å². The SMILES string of the molecule is Cc1ccc(N(CC(=O)N(Cc2ccccc2)C(Cc2ccccc2)C(=O)NC(C)(C)C)S(C)(=O)=O)cc1Cl. The van der Waals surface area contributed by atoms with E-state index in [9.17, 15) is 18.0 Å². The van der Waals surface area contributed by atoms with E-state index < -0.39 is 34.1 Å². The van der Waals surface area contributed by atoms with Gasteiger partial charge in [0.05, 0.1) is 11.9 Å². The predicted octanol–water partition coefficient (Wildman–Crippen LogP) is 4.97. The number of sulfonamides is 1. The van der Waals surface area contributed by atoms with Crippen LogP contribution in [0.25, 0.3) is 0 Å².